The summed E-state index contributed by atoms with van der Waals surface area (Å²) in [6.07, 6.45) is 7.18. The van der Waals surface area contributed by atoms with Crippen LogP contribution >= 0.6 is 24.0 Å². The molecule has 2 saturated heterocycles. The molecule has 1 aromatic rings. The summed E-state index contributed by atoms with van der Waals surface area (Å²) in [6.45, 7) is 4.68. The van der Waals surface area contributed by atoms with Gasteiger partial charge in [0.15, 0.2) is 5.96 Å². The second-order valence-corrected chi connectivity index (χ2v) is 8.16. The zero-order chi connectivity index (χ0) is 18.0. The Morgan fingerprint density at radius 1 is 1.19 bits per heavy atom. The van der Waals surface area contributed by atoms with Crippen molar-refractivity contribution in [1.82, 2.24) is 15.1 Å². The number of aliphatic imine (C=N–C) groups is 1. The van der Waals surface area contributed by atoms with Crippen molar-refractivity contribution < 1.29 is 4.79 Å². The Labute approximate surface area is 179 Å². The van der Waals surface area contributed by atoms with E-state index in [0.29, 0.717) is 11.8 Å². The summed E-state index contributed by atoms with van der Waals surface area (Å²) in [6, 6.07) is 8.57. The lowest BCUT2D eigenvalue weighted by atomic mass is 9.68. The minimum Gasteiger partial charge on any atom is -0.352 e. The zero-order valence-corrected chi connectivity index (χ0v) is 18.6. The predicted octanol–water partition coefficient (Wildman–Crippen LogP) is 3.38. The summed E-state index contributed by atoms with van der Waals surface area (Å²) in [5.74, 6) is 1.31. The standard InChI is InChI=1S/C21H30N4O.HI/c1-22-20(25-12-10-21(16-25)8-4-9-21)23-14-17-5-2-6-18(13-17)15-24-11-3-7-19(24)26;/h2,5-6,13H,3-4,7-12,14-16H2,1H3,(H,22,23);1H. The van der Waals surface area contributed by atoms with Crippen LogP contribution in [0, 0.1) is 5.41 Å². The fourth-order valence-corrected chi connectivity index (χ4v) is 4.64. The van der Waals surface area contributed by atoms with Gasteiger partial charge in [-0.25, -0.2) is 0 Å². The molecule has 0 atom stereocenters. The number of hydrogen-bond acceptors (Lipinski definition) is 2. The Morgan fingerprint density at radius 2 is 2.00 bits per heavy atom. The first-order valence-electron chi connectivity index (χ1n) is 9.99. The van der Waals surface area contributed by atoms with Crippen LogP contribution in [-0.2, 0) is 17.9 Å². The average molecular weight is 482 g/mol. The molecule has 2 aliphatic heterocycles. The maximum absolute atomic E-state index is 11.8. The van der Waals surface area contributed by atoms with Crippen LogP contribution in [0.15, 0.2) is 29.3 Å². The third kappa shape index (κ3) is 4.58. The lowest BCUT2D eigenvalue weighted by molar-refractivity contribution is -0.128. The van der Waals surface area contributed by atoms with E-state index in [1.54, 1.807) is 0 Å². The lowest BCUT2D eigenvalue weighted by Crippen LogP contribution is -2.42. The number of nitrogens with zero attached hydrogens (tertiary/aromatic N) is 3. The smallest absolute Gasteiger partial charge is 0.222 e. The molecule has 5 nitrogen and oxygen atoms in total. The van der Waals surface area contributed by atoms with Crippen LogP contribution < -0.4 is 5.32 Å². The van der Waals surface area contributed by atoms with E-state index < -0.39 is 0 Å². The van der Waals surface area contributed by atoms with Crippen molar-refractivity contribution in [2.75, 3.05) is 26.7 Å². The van der Waals surface area contributed by atoms with Gasteiger partial charge in [-0.3, -0.25) is 9.79 Å². The number of amides is 1. The normalized spacial score (nSPS) is 21.4. The Bertz CT molecular complexity index is 701. The van der Waals surface area contributed by atoms with E-state index in [4.69, 9.17) is 0 Å². The first kappa shape index (κ1) is 20.4. The van der Waals surface area contributed by atoms with Crippen LogP contribution in [0.5, 0.6) is 0 Å². The maximum Gasteiger partial charge on any atom is 0.222 e. The van der Waals surface area contributed by atoms with E-state index in [2.05, 4.69) is 39.5 Å². The van der Waals surface area contributed by atoms with Crippen molar-refractivity contribution in [3.8, 4) is 0 Å². The Hall–Kier alpha value is -1.31. The number of guanidine groups is 1. The third-order valence-electron chi connectivity index (χ3n) is 6.35. The highest BCUT2D eigenvalue weighted by atomic mass is 127. The van der Waals surface area contributed by atoms with Crippen LogP contribution in [0.25, 0.3) is 0 Å². The SMILES string of the molecule is CN=C(NCc1cccc(CN2CCCC2=O)c1)N1CCC2(CCC2)C1.I. The number of halogens is 1. The molecule has 148 valence electrons. The van der Waals surface area contributed by atoms with Gasteiger partial charge in [0.25, 0.3) is 0 Å². The molecule has 1 spiro atoms. The molecule has 3 aliphatic rings. The molecule has 4 rings (SSSR count). The van der Waals surface area contributed by atoms with Gasteiger partial charge >= 0.3 is 0 Å². The molecule has 0 radical (unpaired) electrons. The summed E-state index contributed by atoms with van der Waals surface area (Å²) in [4.78, 5) is 20.7. The Morgan fingerprint density at radius 3 is 2.63 bits per heavy atom. The number of likely N-dealkylation sites (tertiary alicyclic amines) is 2. The van der Waals surface area contributed by atoms with Crippen molar-refractivity contribution in [3.05, 3.63) is 35.4 Å². The summed E-state index contributed by atoms with van der Waals surface area (Å²) in [7, 11) is 1.88. The first-order valence-corrected chi connectivity index (χ1v) is 9.99. The number of carbonyl (C=O) groups excluding carboxylic acids is 1. The highest BCUT2D eigenvalue weighted by molar-refractivity contribution is 14.0. The van der Waals surface area contributed by atoms with E-state index in [0.717, 1.165) is 45.1 Å². The van der Waals surface area contributed by atoms with Gasteiger partial charge in [0, 0.05) is 46.2 Å². The lowest BCUT2D eigenvalue weighted by Gasteiger charge is -2.38. The summed E-state index contributed by atoms with van der Waals surface area (Å²) in [5.41, 5.74) is 3.04. The summed E-state index contributed by atoms with van der Waals surface area (Å²) < 4.78 is 0. The first-order chi connectivity index (χ1) is 12.7. The molecule has 0 aromatic heterocycles. The Balaban J connectivity index is 0.00000210. The van der Waals surface area contributed by atoms with Crippen LogP contribution in [0.1, 0.15) is 49.7 Å². The number of rotatable bonds is 4. The summed E-state index contributed by atoms with van der Waals surface area (Å²) >= 11 is 0. The molecule has 1 aliphatic carbocycles. The van der Waals surface area contributed by atoms with Gasteiger partial charge in [0.05, 0.1) is 0 Å². The van der Waals surface area contributed by atoms with E-state index in [1.165, 1.54) is 36.8 Å². The number of carbonyl (C=O) groups is 1. The minimum atomic E-state index is 0. The van der Waals surface area contributed by atoms with Gasteiger partial charge < -0.3 is 15.1 Å². The van der Waals surface area contributed by atoms with Gasteiger partial charge in [0.2, 0.25) is 5.91 Å². The Kier molecular flexibility index (Phi) is 6.65. The molecule has 27 heavy (non-hydrogen) atoms. The van der Waals surface area contributed by atoms with Crippen LogP contribution in [0.3, 0.4) is 0 Å². The van der Waals surface area contributed by atoms with Crippen molar-refractivity contribution in [3.63, 3.8) is 0 Å². The maximum atomic E-state index is 11.8. The van der Waals surface area contributed by atoms with Gasteiger partial charge in [-0.1, -0.05) is 30.7 Å². The number of benzene rings is 1. The molecule has 1 amide bonds. The highest BCUT2D eigenvalue weighted by Crippen LogP contribution is 2.47. The van der Waals surface area contributed by atoms with Gasteiger partial charge in [-0.05, 0) is 42.2 Å². The molecule has 1 N–H and O–H groups in total. The largest absolute Gasteiger partial charge is 0.352 e. The molecular weight excluding hydrogens is 451 g/mol. The van der Waals surface area contributed by atoms with Crippen molar-refractivity contribution in [1.29, 1.82) is 0 Å². The van der Waals surface area contributed by atoms with E-state index in [1.807, 2.05) is 11.9 Å². The van der Waals surface area contributed by atoms with Gasteiger partial charge in [-0.2, -0.15) is 0 Å². The van der Waals surface area contributed by atoms with Crippen molar-refractivity contribution in [2.45, 2.75) is 51.6 Å². The molecule has 0 bridgehead atoms. The second-order valence-electron chi connectivity index (χ2n) is 8.16. The average Bonchev–Trinajstić information content (AvgIpc) is 3.23. The van der Waals surface area contributed by atoms with Gasteiger partial charge in [-0.15, -0.1) is 24.0 Å². The van der Waals surface area contributed by atoms with Gasteiger partial charge in [0.1, 0.15) is 0 Å². The summed E-state index contributed by atoms with van der Waals surface area (Å²) in [5, 5.41) is 3.54. The van der Waals surface area contributed by atoms with E-state index in [9.17, 15) is 4.79 Å². The van der Waals surface area contributed by atoms with Crippen LogP contribution in [-0.4, -0.2) is 48.3 Å². The minimum absolute atomic E-state index is 0. The monoisotopic (exact) mass is 482 g/mol. The molecule has 1 saturated carbocycles. The molecule has 0 unspecified atom stereocenters. The fourth-order valence-electron chi connectivity index (χ4n) is 4.64. The third-order valence-corrected chi connectivity index (χ3v) is 6.35. The highest BCUT2D eigenvalue weighted by Gasteiger charge is 2.43. The number of hydrogen-bond donors (Lipinski definition) is 1. The van der Waals surface area contributed by atoms with Crippen LogP contribution in [0.2, 0.25) is 0 Å². The fraction of sp³-hybridized carbons (Fsp3) is 0.619. The number of nitrogens with one attached hydrogen (secondary N) is 1. The molecule has 3 fully saturated rings. The zero-order valence-electron chi connectivity index (χ0n) is 16.2. The quantitative estimate of drug-likeness (QED) is 0.407. The molecular formula is C21H31IN4O. The van der Waals surface area contributed by atoms with Crippen molar-refractivity contribution >= 4 is 35.8 Å². The second kappa shape index (κ2) is 8.80. The van der Waals surface area contributed by atoms with Crippen LogP contribution in [0.4, 0.5) is 0 Å². The molecule has 1 aromatic carbocycles. The molecule has 2 heterocycles. The van der Waals surface area contributed by atoms with Crippen molar-refractivity contribution in [2.24, 2.45) is 10.4 Å². The topological polar surface area (TPSA) is 47.9 Å². The van der Waals surface area contributed by atoms with E-state index >= 15 is 0 Å². The molecule has 6 heteroatoms. The van der Waals surface area contributed by atoms with E-state index in [-0.39, 0.29) is 29.9 Å². The predicted molar refractivity (Wildman–Crippen MR) is 119 cm³/mol.